The van der Waals surface area contributed by atoms with Gasteiger partial charge in [-0.15, -0.1) is 5.10 Å². The number of aromatic amines is 1. The number of halogens is 1. The van der Waals surface area contributed by atoms with Gasteiger partial charge in [0.25, 0.3) is 0 Å². The molecule has 1 unspecified atom stereocenters. The van der Waals surface area contributed by atoms with Crippen LogP contribution in [0.15, 0.2) is 89.1 Å². The van der Waals surface area contributed by atoms with Crippen LogP contribution in [0.3, 0.4) is 0 Å². The van der Waals surface area contributed by atoms with Gasteiger partial charge in [0.1, 0.15) is 5.25 Å². The molecule has 0 bridgehead atoms. The summed E-state index contributed by atoms with van der Waals surface area (Å²) in [6.07, 6.45) is 1.70. The van der Waals surface area contributed by atoms with Gasteiger partial charge in [-0.1, -0.05) is 71.9 Å². The molecule has 1 fully saturated rings. The van der Waals surface area contributed by atoms with E-state index in [9.17, 15) is 9.59 Å². The summed E-state index contributed by atoms with van der Waals surface area (Å²) < 4.78 is 0. The summed E-state index contributed by atoms with van der Waals surface area (Å²) >= 11 is 7.06. The maximum Gasteiger partial charge on any atom is 0.240 e. The van der Waals surface area contributed by atoms with E-state index in [0.717, 1.165) is 27.7 Å². The molecule has 0 spiro atoms. The summed E-state index contributed by atoms with van der Waals surface area (Å²) in [5.41, 5.74) is 4.50. The molecule has 9 heteroatoms. The summed E-state index contributed by atoms with van der Waals surface area (Å²) in [6.45, 7) is 0. The number of anilines is 1. The number of nitrogens with one attached hydrogen (secondary N) is 3. The summed E-state index contributed by atoms with van der Waals surface area (Å²) in [5.74, 6) is -0.539. The van der Waals surface area contributed by atoms with E-state index < -0.39 is 5.25 Å². The fourth-order valence-electron chi connectivity index (χ4n) is 3.77. The van der Waals surface area contributed by atoms with E-state index in [4.69, 9.17) is 11.6 Å². The van der Waals surface area contributed by atoms with Crippen molar-refractivity contribution in [1.29, 1.82) is 0 Å². The molecule has 35 heavy (non-hydrogen) atoms. The number of para-hydroxylation sites is 1. The Balaban J connectivity index is 1.30. The van der Waals surface area contributed by atoms with Crippen molar-refractivity contribution < 1.29 is 9.59 Å². The number of aromatic nitrogens is 1. The number of benzene rings is 3. The van der Waals surface area contributed by atoms with Crippen LogP contribution < -0.4 is 10.6 Å². The second kappa shape index (κ2) is 10.2. The highest BCUT2D eigenvalue weighted by Gasteiger charge is 2.32. The molecule has 1 aliphatic heterocycles. The predicted octanol–water partition coefficient (Wildman–Crippen LogP) is 5.44. The maximum absolute atomic E-state index is 12.4. The smallest absolute Gasteiger partial charge is 0.240 e. The number of amides is 2. The fourth-order valence-corrected chi connectivity index (χ4v) is 4.82. The molecular formula is C26H20ClN5O2S. The van der Waals surface area contributed by atoms with Gasteiger partial charge in [-0.3, -0.25) is 9.59 Å². The number of carbonyl (C=O) groups excluding carboxylic acids is 2. The Hall–Kier alpha value is -3.88. The van der Waals surface area contributed by atoms with Crippen molar-refractivity contribution in [1.82, 2.24) is 10.3 Å². The van der Waals surface area contributed by atoms with Crippen LogP contribution >= 0.6 is 23.4 Å². The van der Waals surface area contributed by atoms with Gasteiger partial charge in [0.05, 0.1) is 11.9 Å². The second-order valence-electron chi connectivity index (χ2n) is 7.83. The van der Waals surface area contributed by atoms with E-state index >= 15 is 0 Å². The minimum absolute atomic E-state index is 0.0163. The normalized spacial score (nSPS) is 16.8. The van der Waals surface area contributed by atoms with Gasteiger partial charge in [-0.05, 0) is 35.9 Å². The molecule has 3 aromatic carbocycles. The van der Waals surface area contributed by atoms with E-state index in [-0.39, 0.29) is 18.2 Å². The monoisotopic (exact) mass is 501 g/mol. The second-order valence-corrected chi connectivity index (χ2v) is 9.46. The number of hydrogen-bond acceptors (Lipinski definition) is 5. The number of thioether (sulfide) groups is 1. The van der Waals surface area contributed by atoms with Crippen LogP contribution in [-0.4, -0.2) is 33.4 Å². The molecule has 2 heterocycles. The third-order valence-electron chi connectivity index (χ3n) is 5.42. The molecular weight excluding hydrogens is 482 g/mol. The topological polar surface area (TPSA) is 98.7 Å². The van der Waals surface area contributed by atoms with Gasteiger partial charge in [0.2, 0.25) is 11.8 Å². The van der Waals surface area contributed by atoms with Crippen molar-refractivity contribution in [2.75, 3.05) is 5.32 Å². The standard InChI is InChI=1S/C26H20ClN5O2S/c27-17-10-12-18(13-11-17)29-23(33)14-22-25(34)31-26(35-22)32-28-15-20-19-8-4-5-9-21(19)30-24(20)16-6-2-1-3-7-16/h1-13,15,22,30H,14H2,(H,29,33)(H,31,32,34)/b28-15+. The largest absolute Gasteiger partial charge is 0.354 e. The zero-order chi connectivity index (χ0) is 24.2. The van der Waals surface area contributed by atoms with E-state index in [1.165, 1.54) is 11.8 Å². The summed E-state index contributed by atoms with van der Waals surface area (Å²) in [7, 11) is 0. The molecule has 4 aromatic rings. The van der Waals surface area contributed by atoms with Crippen LogP contribution in [0.25, 0.3) is 22.2 Å². The first-order valence-corrected chi connectivity index (χ1v) is 12.1. The lowest BCUT2D eigenvalue weighted by molar-refractivity contribution is -0.122. The molecule has 1 aromatic heterocycles. The van der Waals surface area contributed by atoms with E-state index in [1.807, 2.05) is 54.6 Å². The fraction of sp³-hybridized carbons (Fsp3) is 0.0769. The average molecular weight is 502 g/mol. The lowest BCUT2D eigenvalue weighted by Gasteiger charge is -2.07. The number of nitrogens with zero attached hydrogens (tertiary/aromatic N) is 2. The lowest BCUT2D eigenvalue weighted by atomic mass is 10.1. The van der Waals surface area contributed by atoms with Gasteiger partial charge in [0, 0.05) is 33.6 Å². The van der Waals surface area contributed by atoms with E-state index in [0.29, 0.717) is 15.9 Å². The SMILES string of the molecule is O=C(CC1S/C(=N/N=C/c2c(-c3ccccc3)[nH]c3ccccc23)NC1=O)Nc1ccc(Cl)cc1. The zero-order valence-corrected chi connectivity index (χ0v) is 19.9. The summed E-state index contributed by atoms with van der Waals surface area (Å²) in [5, 5.41) is 15.3. The third-order valence-corrected chi connectivity index (χ3v) is 6.74. The van der Waals surface area contributed by atoms with Crippen molar-refractivity contribution in [3.05, 3.63) is 89.4 Å². The average Bonchev–Trinajstić information content (AvgIpc) is 3.41. The van der Waals surface area contributed by atoms with Crippen molar-refractivity contribution >= 4 is 63.1 Å². The Bertz CT molecular complexity index is 1450. The molecule has 0 saturated carbocycles. The number of H-pyrrole nitrogens is 1. The number of carbonyl (C=O) groups is 2. The van der Waals surface area contributed by atoms with E-state index in [1.54, 1.807) is 30.5 Å². The van der Waals surface area contributed by atoms with Crippen LogP contribution in [0.5, 0.6) is 0 Å². The lowest BCUT2D eigenvalue weighted by Crippen LogP contribution is -2.28. The Kier molecular flexibility index (Phi) is 6.65. The van der Waals surface area contributed by atoms with Gasteiger partial charge in [0.15, 0.2) is 5.17 Å². The number of fused-ring (bicyclic) bond motifs is 1. The maximum atomic E-state index is 12.4. The Labute approximate surface area is 210 Å². The van der Waals surface area contributed by atoms with E-state index in [2.05, 4.69) is 25.8 Å². The first kappa shape index (κ1) is 22.9. The first-order valence-electron chi connectivity index (χ1n) is 10.9. The molecule has 2 amide bonds. The van der Waals surface area contributed by atoms with Crippen LogP contribution in [0.1, 0.15) is 12.0 Å². The molecule has 174 valence electrons. The predicted molar refractivity (Wildman–Crippen MR) is 143 cm³/mol. The Morgan fingerprint density at radius 1 is 1.03 bits per heavy atom. The number of amidine groups is 1. The van der Waals surface area contributed by atoms with Crippen LogP contribution in [0.4, 0.5) is 5.69 Å². The highest BCUT2D eigenvalue weighted by atomic mass is 35.5. The van der Waals surface area contributed by atoms with Crippen molar-refractivity contribution in [2.24, 2.45) is 10.2 Å². The molecule has 3 N–H and O–H groups in total. The molecule has 7 nitrogen and oxygen atoms in total. The molecule has 0 aliphatic carbocycles. The zero-order valence-electron chi connectivity index (χ0n) is 18.4. The van der Waals surface area contributed by atoms with Crippen LogP contribution in [-0.2, 0) is 9.59 Å². The Morgan fingerprint density at radius 3 is 2.57 bits per heavy atom. The van der Waals surface area contributed by atoms with Gasteiger partial charge in [-0.25, -0.2) is 0 Å². The quantitative estimate of drug-likeness (QED) is 0.242. The highest BCUT2D eigenvalue weighted by Crippen LogP contribution is 2.29. The molecule has 0 radical (unpaired) electrons. The Morgan fingerprint density at radius 2 is 1.77 bits per heavy atom. The number of hydrogen-bond donors (Lipinski definition) is 3. The highest BCUT2D eigenvalue weighted by molar-refractivity contribution is 8.15. The van der Waals surface area contributed by atoms with Crippen molar-refractivity contribution in [2.45, 2.75) is 11.7 Å². The van der Waals surface area contributed by atoms with Gasteiger partial charge in [-0.2, -0.15) is 5.10 Å². The van der Waals surface area contributed by atoms with Crippen molar-refractivity contribution in [3.63, 3.8) is 0 Å². The molecule has 1 atom stereocenters. The summed E-state index contributed by atoms with van der Waals surface area (Å²) in [4.78, 5) is 28.2. The minimum Gasteiger partial charge on any atom is -0.354 e. The molecule has 5 rings (SSSR count). The molecule has 1 aliphatic rings. The molecule has 1 saturated heterocycles. The van der Waals surface area contributed by atoms with Crippen LogP contribution in [0, 0.1) is 0 Å². The van der Waals surface area contributed by atoms with Gasteiger partial charge < -0.3 is 15.6 Å². The number of rotatable bonds is 6. The van der Waals surface area contributed by atoms with Gasteiger partial charge >= 0.3 is 0 Å². The van der Waals surface area contributed by atoms with Crippen molar-refractivity contribution in [3.8, 4) is 11.3 Å². The summed E-state index contributed by atoms with van der Waals surface area (Å²) in [6, 6.07) is 24.8. The minimum atomic E-state index is -0.579. The third kappa shape index (κ3) is 5.29. The first-order chi connectivity index (χ1) is 17.1. The van der Waals surface area contributed by atoms with Crippen LogP contribution in [0.2, 0.25) is 5.02 Å².